The second-order valence-corrected chi connectivity index (χ2v) is 6.53. The molecule has 0 bridgehead atoms. The van der Waals surface area contributed by atoms with E-state index in [9.17, 15) is 4.79 Å². The average molecular weight is 355 g/mol. The smallest absolute Gasteiger partial charge is 0.303 e. The number of hydrogen-bond acceptors (Lipinski definition) is 2. The number of rotatable bonds is 11. The summed E-state index contributed by atoms with van der Waals surface area (Å²) >= 11 is 0. The molecule has 0 aliphatic heterocycles. The zero-order chi connectivity index (χ0) is 19.2. The SMILES string of the molecule is C/C=C\CCCC(=O)O.CCCCCCC/C=C/C1CCCC1.CO. The summed E-state index contributed by atoms with van der Waals surface area (Å²) in [6, 6.07) is 0. The Labute approximate surface area is 156 Å². The second-order valence-electron chi connectivity index (χ2n) is 6.53. The molecule has 1 rings (SSSR count). The minimum absolute atomic E-state index is 0.282. The van der Waals surface area contributed by atoms with Crippen molar-refractivity contribution >= 4 is 5.97 Å². The van der Waals surface area contributed by atoms with Crippen molar-refractivity contribution in [2.24, 2.45) is 5.92 Å². The Bertz CT molecular complexity index is 315. The Kier molecular flexibility index (Phi) is 24.0. The van der Waals surface area contributed by atoms with E-state index in [2.05, 4.69) is 19.1 Å². The second kappa shape index (κ2) is 22.9. The standard InChI is InChI=1S/C14H26.C7H12O2.CH4O/c1-2-3-4-5-6-7-8-11-14-12-9-10-13-14;1-2-3-4-5-6-7(8)9;1-2/h8,11,14H,2-7,9-10,12-13H2,1H3;2-3H,4-6H2,1H3,(H,8,9);2H,1H3/b11-8+;3-2-;. The number of aliphatic carboxylic acids is 1. The van der Waals surface area contributed by atoms with Gasteiger partial charge in [0.15, 0.2) is 0 Å². The maximum atomic E-state index is 9.94. The van der Waals surface area contributed by atoms with Crippen molar-refractivity contribution in [1.82, 2.24) is 0 Å². The Morgan fingerprint density at radius 2 is 1.56 bits per heavy atom. The molecule has 0 radical (unpaired) electrons. The summed E-state index contributed by atoms with van der Waals surface area (Å²) in [6.45, 7) is 4.21. The monoisotopic (exact) mass is 354 g/mol. The summed E-state index contributed by atoms with van der Waals surface area (Å²) in [5, 5.41) is 15.2. The molecule has 0 saturated heterocycles. The lowest BCUT2D eigenvalue weighted by Crippen LogP contribution is -1.92. The third-order valence-electron chi connectivity index (χ3n) is 4.28. The fourth-order valence-electron chi connectivity index (χ4n) is 2.84. The molecule has 148 valence electrons. The van der Waals surface area contributed by atoms with Crippen LogP contribution >= 0.6 is 0 Å². The highest BCUT2D eigenvalue weighted by Crippen LogP contribution is 2.25. The van der Waals surface area contributed by atoms with Crippen LogP contribution in [0.3, 0.4) is 0 Å². The van der Waals surface area contributed by atoms with Gasteiger partial charge in [0, 0.05) is 13.5 Å². The fourth-order valence-corrected chi connectivity index (χ4v) is 2.84. The molecule has 0 aromatic carbocycles. The number of unbranched alkanes of at least 4 members (excludes halogenated alkanes) is 6. The summed E-state index contributed by atoms with van der Waals surface area (Å²) in [5.74, 6) is 0.227. The van der Waals surface area contributed by atoms with E-state index in [1.54, 1.807) is 0 Å². The number of carbonyl (C=O) groups is 1. The van der Waals surface area contributed by atoms with Crippen molar-refractivity contribution in [2.45, 2.75) is 97.3 Å². The van der Waals surface area contributed by atoms with Gasteiger partial charge in [-0.25, -0.2) is 0 Å². The molecule has 0 heterocycles. The number of aliphatic hydroxyl groups excluding tert-OH is 1. The first-order valence-electron chi connectivity index (χ1n) is 10.1. The molecule has 0 atom stereocenters. The zero-order valence-electron chi connectivity index (χ0n) is 16.9. The summed E-state index contributed by atoms with van der Waals surface area (Å²) in [4.78, 5) is 9.94. The van der Waals surface area contributed by atoms with Gasteiger partial charge in [-0.15, -0.1) is 0 Å². The van der Waals surface area contributed by atoms with Crippen LogP contribution in [0, 0.1) is 5.92 Å². The van der Waals surface area contributed by atoms with Crippen molar-refractivity contribution in [3.05, 3.63) is 24.3 Å². The molecule has 2 N–H and O–H groups in total. The van der Waals surface area contributed by atoms with Gasteiger partial charge in [0.1, 0.15) is 0 Å². The molecule has 1 aliphatic rings. The minimum Gasteiger partial charge on any atom is -0.481 e. The molecule has 3 nitrogen and oxygen atoms in total. The van der Waals surface area contributed by atoms with Crippen molar-refractivity contribution in [2.75, 3.05) is 7.11 Å². The molecule has 1 aliphatic carbocycles. The van der Waals surface area contributed by atoms with Gasteiger partial charge in [0.2, 0.25) is 0 Å². The Hall–Kier alpha value is -1.09. The number of hydrogen-bond donors (Lipinski definition) is 2. The quantitative estimate of drug-likeness (QED) is 0.328. The first-order chi connectivity index (χ1) is 12.2. The molecule has 0 unspecified atom stereocenters. The van der Waals surface area contributed by atoms with Gasteiger partial charge in [-0.2, -0.15) is 0 Å². The predicted octanol–water partition coefficient (Wildman–Crippen LogP) is 6.52. The van der Waals surface area contributed by atoms with Crippen LogP contribution in [0.4, 0.5) is 0 Å². The van der Waals surface area contributed by atoms with Crippen LogP contribution in [-0.2, 0) is 4.79 Å². The molecule has 3 heteroatoms. The summed E-state index contributed by atoms with van der Waals surface area (Å²) < 4.78 is 0. The van der Waals surface area contributed by atoms with Crippen LogP contribution in [0.1, 0.15) is 97.3 Å². The van der Waals surface area contributed by atoms with Gasteiger partial charge in [-0.3, -0.25) is 4.79 Å². The van der Waals surface area contributed by atoms with Gasteiger partial charge in [0.05, 0.1) is 0 Å². The molecule has 0 aromatic rings. The van der Waals surface area contributed by atoms with Crippen LogP contribution in [0.15, 0.2) is 24.3 Å². The summed E-state index contributed by atoms with van der Waals surface area (Å²) in [6.07, 6.45) is 24.9. The Morgan fingerprint density at radius 1 is 0.960 bits per heavy atom. The molecule has 1 fully saturated rings. The first kappa shape index (κ1) is 26.1. The van der Waals surface area contributed by atoms with Gasteiger partial charge in [0.25, 0.3) is 0 Å². The summed E-state index contributed by atoms with van der Waals surface area (Å²) in [5.41, 5.74) is 0. The molecule has 0 spiro atoms. The largest absolute Gasteiger partial charge is 0.481 e. The molecule has 25 heavy (non-hydrogen) atoms. The van der Waals surface area contributed by atoms with E-state index in [-0.39, 0.29) is 6.42 Å². The molecular weight excluding hydrogens is 312 g/mol. The maximum absolute atomic E-state index is 9.94. The Balaban J connectivity index is 0. The lowest BCUT2D eigenvalue weighted by atomic mass is 10.1. The lowest BCUT2D eigenvalue weighted by Gasteiger charge is -2.00. The van der Waals surface area contributed by atoms with Gasteiger partial charge in [-0.05, 0) is 51.4 Å². The fraction of sp³-hybridized carbons (Fsp3) is 0.773. The average Bonchev–Trinajstić information content (AvgIpc) is 3.14. The van der Waals surface area contributed by atoms with Crippen molar-refractivity contribution in [3.8, 4) is 0 Å². The van der Waals surface area contributed by atoms with Gasteiger partial charge in [-0.1, -0.05) is 69.8 Å². The third-order valence-corrected chi connectivity index (χ3v) is 4.28. The zero-order valence-corrected chi connectivity index (χ0v) is 16.9. The number of carboxylic acid groups (broad SMARTS) is 1. The maximum Gasteiger partial charge on any atom is 0.303 e. The third kappa shape index (κ3) is 22.9. The van der Waals surface area contributed by atoms with E-state index in [1.165, 1.54) is 64.2 Å². The molecule has 0 amide bonds. The van der Waals surface area contributed by atoms with Crippen molar-refractivity contribution < 1.29 is 15.0 Å². The topological polar surface area (TPSA) is 57.5 Å². The van der Waals surface area contributed by atoms with Gasteiger partial charge < -0.3 is 10.2 Å². The van der Waals surface area contributed by atoms with E-state index < -0.39 is 5.97 Å². The van der Waals surface area contributed by atoms with Crippen LogP contribution in [0.25, 0.3) is 0 Å². The van der Waals surface area contributed by atoms with Crippen molar-refractivity contribution in [1.29, 1.82) is 0 Å². The number of aliphatic hydroxyl groups is 1. The minimum atomic E-state index is -0.709. The van der Waals surface area contributed by atoms with E-state index in [0.717, 1.165) is 25.9 Å². The van der Waals surface area contributed by atoms with Crippen LogP contribution in [0.2, 0.25) is 0 Å². The molecule has 1 saturated carbocycles. The van der Waals surface area contributed by atoms with Gasteiger partial charge >= 0.3 is 5.97 Å². The van der Waals surface area contributed by atoms with E-state index in [0.29, 0.717) is 0 Å². The normalized spacial score (nSPS) is 14.2. The van der Waals surface area contributed by atoms with E-state index in [4.69, 9.17) is 10.2 Å². The first-order valence-corrected chi connectivity index (χ1v) is 10.1. The molecular formula is C22H42O3. The van der Waals surface area contributed by atoms with E-state index in [1.807, 2.05) is 19.1 Å². The molecule has 0 aromatic heterocycles. The number of carboxylic acids is 1. The lowest BCUT2D eigenvalue weighted by molar-refractivity contribution is -0.137. The predicted molar refractivity (Wildman–Crippen MR) is 109 cm³/mol. The van der Waals surface area contributed by atoms with Crippen LogP contribution in [0.5, 0.6) is 0 Å². The van der Waals surface area contributed by atoms with E-state index >= 15 is 0 Å². The summed E-state index contributed by atoms with van der Waals surface area (Å²) in [7, 11) is 1.00. The highest BCUT2D eigenvalue weighted by molar-refractivity contribution is 5.66. The Morgan fingerprint density at radius 3 is 2.12 bits per heavy atom. The number of allylic oxidation sites excluding steroid dienone is 4. The highest BCUT2D eigenvalue weighted by atomic mass is 16.4. The van der Waals surface area contributed by atoms with Crippen molar-refractivity contribution in [3.63, 3.8) is 0 Å². The van der Waals surface area contributed by atoms with Crippen LogP contribution < -0.4 is 0 Å². The van der Waals surface area contributed by atoms with Crippen LogP contribution in [-0.4, -0.2) is 23.3 Å². The highest BCUT2D eigenvalue weighted by Gasteiger charge is 2.10.